The van der Waals surface area contributed by atoms with Crippen molar-refractivity contribution in [3.63, 3.8) is 0 Å². The molecule has 1 amide bonds. The van der Waals surface area contributed by atoms with Gasteiger partial charge in [-0.15, -0.1) is 10.2 Å². The fourth-order valence-electron chi connectivity index (χ4n) is 3.52. The van der Waals surface area contributed by atoms with Crippen LogP contribution in [0.1, 0.15) is 30.8 Å². The van der Waals surface area contributed by atoms with E-state index in [9.17, 15) is 4.79 Å². The number of methoxy groups -OCH3 is 1. The molecule has 1 heterocycles. The number of nitrogens with zero attached hydrogens (tertiary/aromatic N) is 4. The SMILES string of the molecule is COc1ccc(NCc2nnc(S[C@H](C)C(=O)NN=C(C)c3ccc(C)cc3)n2-c2ccccc2)cc1. The van der Waals surface area contributed by atoms with E-state index < -0.39 is 5.25 Å². The topological polar surface area (TPSA) is 93.4 Å². The number of hydrogen-bond acceptors (Lipinski definition) is 7. The van der Waals surface area contributed by atoms with Gasteiger partial charge in [0.15, 0.2) is 11.0 Å². The summed E-state index contributed by atoms with van der Waals surface area (Å²) < 4.78 is 7.19. The maximum absolute atomic E-state index is 12.8. The summed E-state index contributed by atoms with van der Waals surface area (Å²) in [6.07, 6.45) is 0. The molecule has 0 saturated heterocycles. The van der Waals surface area contributed by atoms with Crippen molar-refractivity contribution in [2.75, 3.05) is 12.4 Å². The Bertz CT molecular complexity index is 1350. The first-order valence-corrected chi connectivity index (χ1v) is 12.8. The summed E-state index contributed by atoms with van der Waals surface area (Å²) >= 11 is 1.33. The molecule has 0 fully saturated rings. The number of aryl methyl sites for hydroxylation is 1. The van der Waals surface area contributed by atoms with Crippen LogP contribution in [-0.2, 0) is 11.3 Å². The molecular formula is C28H30N6O2S. The minimum Gasteiger partial charge on any atom is -0.497 e. The van der Waals surface area contributed by atoms with Crippen molar-refractivity contribution in [1.29, 1.82) is 0 Å². The Morgan fingerprint density at radius 1 is 1.03 bits per heavy atom. The number of rotatable bonds is 10. The van der Waals surface area contributed by atoms with E-state index in [0.29, 0.717) is 11.7 Å². The van der Waals surface area contributed by atoms with Crippen LogP contribution in [-0.4, -0.2) is 38.7 Å². The Morgan fingerprint density at radius 3 is 2.41 bits per heavy atom. The van der Waals surface area contributed by atoms with E-state index >= 15 is 0 Å². The number of nitrogens with one attached hydrogen (secondary N) is 2. The lowest BCUT2D eigenvalue weighted by atomic mass is 10.1. The first-order chi connectivity index (χ1) is 17.9. The van der Waals surface area contributed by atoms with Gasteiger partial charge in [-0.25, -0.2) is 5.43 Å². The summed E-state index contributed by atoms with van der Waals surface area (Å²) in [5.74, 6) is 1.31. The quantitative estimate of drug-likeness (QED) is 0.171. The van der Waals surface area contributed by atoms with Crippen molar-refractivity contribution in [2.24, 2.45) is 5.10 Å². The van der Waals surface area contributed by atoms with Gasteiger partial charge in [-0.1, -0.05) is 59.8 Å². The molecule has 0 spiro atoms. The molecule has 0 saturated carbocycles. The Kier molecular flexibility index (Phi) is 8.58. The Morgan fingerprint density at radius 2 is 1.73 bits per heavy atom. The monoisotopic (exact) mass is 514 g/mol. The van der Waals surface area contributed by atoms with Crippen LogP contribution in [0.3, 0.4) is 0 Å². The van der Waals surface area contributed by atoms with E-state index in [2.05, 4.69) is 26.0 Å². The van der Waals surface area contributed by atoms with Crippen molar-refractivity contribution in [3.05, 3.63) is 95.8 Å². The van der Waals surface area contributed by atoms with Crippen molar-refractivity contribution in [2.45, 2.75) is 37.7 Å². The van der Waals surface area contributed by atoms with E-state index in [-0.39, 0.29) is 5.91 Å². The zero-order chi connectivity index (χ0) is 26.2. The summed E-state index contributed by atoms with van der Waals surface area (Å²) in [4.78, 5) is 12.8. The maximum atomic E-state index is 12.8. The number of anilines is 1. The average Bonchev–Trinajstić information content (AvgIpc) is 3.33. The number of aromatic nitrogens is 3. The molecule has 4 rings (SSSR count). The molecule has 8 nitrogen and oxygen atoms in total. The van der Waals surface area contributed by atoms with E-state index in [0.717, 1.165) is 34.2 Å². The van der Waals surface area contributed by atoms with Crippen LogP contribution in [0.4, 0.5) is 5.69 Å². The van der Waals surface area contributed by atoms with Crippen molar-refractivity contribution in [3.8, 4) is 11.4 Å². The second-order valence-corrected chi connectivity index (χ2v) is 9.76. The van der Waals surface area contributed by atoms with Gasteiger partial charge < -0.3 is 10.1 Å². The molecule has 0 aliphatic heterocycles. The van der Waals surface area contributed by atoms with Gasteiger partial charge in [0, 0.05) is 11.4 Å². The molecule has 1 atom stereocenters. The highest BCUT2D eigenvalue weighted by atomic mass is 32.2. The minimum atomic E-state index is -0.441. The predicted octanol–water partition coefficient (Wildman–Crippen LogP) is 5.22. The predicted molar refractivity (Wildman–Crippen MR) is 149 cm³/mol. The first-order valence-electron chi connectivity index (χ1n) is 11.9. The molecule has 0 aliphatic rings. The maximum Gasteiger partial charge on any atom is 0.253 e. The van der Waals surface area contributed by atoms with Gasteiger partial charge in [0.25, 0.3) is 5.91 Å². The van der Waals surface area contributed by atoms with Crippen molar-refractivity contribution >= 4 is 29.1 Å². The lowest BCUT2D eigenvalue weighted by molar-refractivity contribution is -0.120. The van der Waals surface area contributed by atoms with Crippen molar-refractivity contribution in [1.82, 2.24) is 20.2 Å². The van der Waals surface area contributed by atoms with Gasteiger partial charge in [-0.2, -0.15) is 5.10 Å². The molecule has 2 N–H and O–H groups in total. The molecule has 0 unspecified atom stereocenters. The third kappa shape index (κ3) is 6.77. The van der Waals surface area contributed by atoms with Gasteiger partial charge in [0.1, 0.15) is 5.75 Å². The number of hydrogen-bond donors (Lipinski definition) is 2. The highest BCUT2D eigenvalue weighted by molar-refractivity contribution is 8.00. The van der Waals surface area contributed by atoms with Crippen LogP contribution in [0.5, 0.6) is 5.75 Å². The van der Waals surface area contributed by atoms with Crippen LogP contribution >= 0.6 is 11.8 Å². The van der Waals surface area contributed by atoms with Crippen LogP contribution in [0.2, 0.25) is 0 Å². The summed E-state index contributed by atoms with van der Waals surface area (Å²) in [5, 5.41) is 16.7. The zero-order valence-corrected chi connectivity index (χ0v) is 22.1. The molecule has 0 radical (unpaired) electrons. The second-order valence-electron chi connectivity index (χ2n) is 8.45. The summed E-state index contributed by atoms with van der Waals surface area (Å²) in [7, 11) is 1.64. The van der Waals surface area contributed by atoms with Crippen molar-refractivity contribution < 1.29 is 9.53 Å². The Labute approximate surface area is 221 Å². The summed E-state index contributed by atoms with van der Waals surface area (Å²) in [5.41, 5.74) is 7.42. The number of carbonyl (C=O) groups is 1. The normalized spacial score (nSPS) is 12.2. The number of thioether (sulfide) groups is 1. The zero-order valence-electron chi connectivity index (χ0n) is 21.3. The molecule has 0 aliphatic carbocycles. The Hall–Kier alpha value is -4.11. The van der Waals surface area contributed by atoms with Gasteiger partial charge in [0.05, 0.1) is 24.6 Å². The van der Waals surface area contributed by atoms with E-state index in [1.807, 2.05) is 104 Å². The lowest BCUT2D eigenvalue weighted by Gasteiger charge is -2.14. The fraction of sp³-hybridized carbons (Fsp3) is 0.214. The number of amides is 1. The van der Waals surface area contributed by atoms with E-state index in [4.69, 9.17) is 4.74 Å². The van der Waals surface area contributed by atoms with E-state index in [1.54, 1.807) is 7.11 Å². The van der Waals surface area contributed by atoms with Crippen LogP contribution in [0.15, 0.2) is 89.1 Å². The molecule has 3 aromatic carbocycles. The number of para-hydroxylation sites is 1. The fourth-order valence-corrected chi connectivity index (χ4v) is 4.40. The highest BCUT2D eigenvalue weighted by Gasteiger charge is 2.21. The smallest absolute Gasteiger partial charge is 0.253 e. The molecule has 37 heavy (non-hydrogen) atoms. The minimum absolute atomic E-state index is 0.211. The van der Waals surface area contributed by atoms with E-state index in [1.165, 1.54) is 17.3 Å². The molecule has 190 valence electrons. The molecule has 9 heteroatoms. The van der Waals surface area contributed by atoms with Gasteiger partial charge >= 0.3 is 0 Å². The number of benzene rings is 3. The van der Waals surface area contributed by atoms with Crippen LogP contribution < -0.4 is 15.5 Å². The molecule has 1 aromatic heterocycles. The van der Waals surface area contributed by atoms with Gasteiger partial charge in [0.2, 0.25) is 0 Å². The summed E-state index contributed by atoms with van der Waals surface area (Å²) in [6.45, 7) is 6.19. The third-order valence-electron chi connectivity index (χ3n) is 5.71. The lowest BCUT2D eigenvalue weighted by Crippen LogP contribution is -2.28. The first kappa shape index (κ1) is 26.0. The highest BCUT2D eigenvalue weighted by Crippen LogP contribution is 2.26. The average molecular weight is 515 g/mol. The Balaban J connectivity index is 1.47. The standard InChI is InChI=1S/C28H30N6O2S/c1-19-10-12-22(13-11-19)20(2)30-32-27(35)21(3)37-28-33-31-26(34(28)24-8-6-5-7-9-24)18-29-23-14-16-25(36-4)17-15-23/h5-17,21,29H,18H2,1-4H3,(H,32,35)/t21-/m1/s1. The largest absolute Gasteiger partial charge is 0.497 e. The molecule has 4 aromatic rings. The second kappa shape index (κ2) is 12.2. The van der Waals surface area contributed by atoms with Crippen LogP contribution in [0, 0.1) is 6.92 Å². The number of ether oxygens (including phenoxy) is 1. The number of hydrazone groups is 1. The third-order valence-corrected chi connectivity index (χ3v) is 6.75. The summed E-state index contributed by atoms with van der Waals surface area (Å²) in [6, 6.07) is 25.6. The van der Waals surface area contributed by atoms with Gasteiger partial charge in [-0.05, 0) is 62.7 Å². The van der Waals surface area contributed by atoms with Crippen LogP contribution in [0.25, 0.3) is 5.69 Å². The number of carbonyl (C=O) groups excluding carboxylic acids is 1. The molecular weight excluding hydrogens is 484 g/mol. The van der Waals surface area contributed by atoms with Gasteiger partial charge in [-0.3, -0.25) is 9.36 Å². The molecule has 0 bridgehead atoms.